The smallest absolute Gasteiger partial charge is 0.223 e. The van der Waals surface area contributed by atoms with Crippen molar-refractivity contribution in [2.45, 2.75) is 57.4 Å². The summed E-state index contributed by atoms with van der Waals surface area (Å²) in [4.78, 5) is 14.2. The summed E-state index contributed by atoms with van der Waals surface area (Å²) in [6.07, 6.45) is 10.2. The van der Waals surface area contributed by atoms with Gasteiger partial charge in [-0.3, -0.25) is 4.79 Å². The Labute approximate surface area is 98.7 Å². The van der Waals surface area contributed by atoms with Gasteiger partial charge in [0.05, 0.1) is 0 Å². The second-order valence-corrected chi connectivity index (χ2v) is 5.62. The molecule has 2 heteroatoms. The van der Waals surface area contributed by atoms with Crippen LogP contribution in [0.2, 0.25) is 0 Å². The van der Waals surface area contributed by atoms with Gasteiger partial charge in [-0.2, -0.15) is 0 Å². The van der Waals surface area contributed by atoms with E-state index in [1.165, 1.54) is 38.5 Å². The number of amides is 1. The molecule has 1 saturated carbocycles. The quantitative estimate of drug-likeness (QED) is 0.518. The minimum atomic E-state index is 0.130. The van der Waals surface area contributed by atoms with E-state index in [0.717, 1.165) is 6.54 Å². The minimum absolute atomic E-state index is 0.130. The molecule has 1 unspecified atom stereocenters. The van der Waals surface area contributed by atoms with Gasteiger partial charge in [-0.15, -0.1) is 6.58 Å². The summed E-state index contributed by atoms with van der Waals surface area (Å²) in [5, 5.41) is 0. The average molecular weight is 221 g/mol. The van der Waals surface area contributed by atoms with Crippen LogP contribution in [0.25, 0.3) is 0 Å². The number of carbonyl (C=O) groups excluding carboxylic acids is 1. The van der Waals surface area contributed by atoms with E-state index in [4.69, 9.17) is 0 Å². The van der Waals surface area contributed by atoms with Crippen molar-refractivity contribution in [3.63, 3.8) is 0 Å². The molecule has 1 heterocycles. The molecule has 1 aliphatic heterocycles. The first-order chi connectivity index (χ1) is 7.65. The molecule has 90 valence electrons. The average Bonchev–Trinajstić information content (AvgIpc) is 2.51. The number of hydrogen-bond donors (Lipinski definition) is 0. The van der Waals surface area contributed by atoms with Gasteiger partial charge in [0.2, 0.25) is 5.91 Å². The number of nitrogens with zero attached hydrogens (tertiary/aromatic N) is 1. The highest BCUT2D eigenvalue weighted by Gasteiger charge is 2.40. The van der Waals surface area contributed by atoms with Crippen LogP contribution in [0.1, 0.15) is 51.9 Å². The third-order valence-electron chi connectivity index (χ3n) is 4.32. The van der Waals surface area contributed by atoms with Crippen molar-refractivity contribution in [3.8, 4) is 0 Å². The SMILES string of the molecule is C=CC1CC(=O)N(C2(C)CCCCCC2)C1. The number of carbonyl (C=O) groups is 1. The van der Waals surface area contributed by atoms with E-state index in [-0.39, 0.29) is 5.54 Å². The second kappa shape index (κ2) is 4.60. The molecule has 0 N–H and O–H groups in total. The van der Waals surface area contributed by atoms with Crippen LogP contribution in [0.3, 0.4) is 0 Å². The van der Waals surface area contributed by atoms with E-state index in [1.807, 2.05) is 6.08 Å². The summed E-state index contributed by atoms with van der Waals surface area (Å²) in [6, 6.07) is 0. The van der Waals surface area contributed by atoms with Gasteiger partial charge >= 0.3 is 0 Å². The van der Waals surface area contributed by atoms with E-state index in [9.17, 15) is 4.79 Å². The molecule has 0 aromatic carbocycles. The Hall–Kier alpha value is -0.790. The van der Waals surface area contributed by atoms with Crippen LogP contribution >= 0.6 is 0 Å². The van der Waals surface area contributed by atoms with Crippen LogP contribution in [-0.2, 0) is 4.79 Å². The van der Waals surface area contributed by atoms with E-state index < -0.39 is 0 Å². The van der Waals surface area contributed by atoms with Gasteiger partial charge in [0.15, 0.2) is 0 Å². The molecule has 2 nitrogen and oxygen atoms in total. The Balaban J connectivity index is 2.09. The zero-order valence-corrected chi connectivity index (χ0v) is 10.4. The Morgan fingerprint density at radius 2 is 1.94 bits per heavy atom. The van der Waals surface area contributed by atoms with Crippen LogP contribution in [0.15, 0.2) is 12.7 Å². The standard InChI is InChI=1S/C14H23NO/c1-3-12-10-13(16)15(11-12)14(2)8-6-4-5-7-9-14/h3,12H,1,4-11H2,2H3. The van der Waals surface area contributed by atoms with Gasteiger partial charge in [-0.25, -0.2) is 0 Å². The monoisotopic (exact) mass is 221 g/mol. The molecule has 16 heavy (non-hydrogen) atoms. The zero-order valence-electron chi connectivity index (χ0n) is 10.4. The molecule has 1 amide bonds. The predicted octanol–water partition coefficient (Wildman–Crippen LogP) is 3.13. The van der Waals surface area contributed by atoms with Crippen LogP contribution < -0.4 is 0 Å². The molecular weight excluding hydrogens is 198 g/mol. The molecule has 2 fully saturated rings. The lowest BCUT2D eigenvalue weighted by molar-refractivity contribution is -0.133. The fourth-order valence-electron chi connectivity index (χ4n) is 3.17. The Kier molecular flexibility index (Phi) is 3.36. The van der Waals surface area contributed by atoms with Gasteiger partial charge in [0.25, 0.3) is 0 Å². The molecular formula is C14H23NO. The Morgan fingerprint density at radius 3 is 2.44 bits per heavy atom. The lowest BCUT2D eigenvalue weighted by Gasteiger charge is -2.38. The van der Waals surface area contributed by atoms with Crippen molar-refractivity contribution in [1.29, 1.82) is 0 Å². The van der Waals surface area contributed by atoms with Crippen LogP contribution in [0, 0.1) is 5.92 Å². The molecule has 2 rings (SSSR count). The number of hydrogen-bond acceptors (Lipinski definition) is 1. The van der Waals surface area contributed by atoms with Gasteiger partial charge in [-0.1, -0.05) is 31.8 Å². The van der Waals surface area contributed by atoms with Crippen LogP contribution in [0.4, 0.5) is 0 Å². The lowest BCUT2D eigenvalue weighted by Crippen LogP contribution is -2.46. The highest BCUT2D eigenvalue weighted by Crippen LogP contribution is 2.36. The van der Waals surface area contributed by atoms with Gasteiger partial charge < -0.3 is 4.90 Å². The molecule has 0 aromatic rings. The topological polar surface area (TPSA) is 20.3 Å². The van der Waals surface area contributed by atoms with Crippen molar-refractivity contribution in [2.24, 2.45) is 5.92 Å². The Bertz CT molecular complexity index is 276. The first-order valence-corrected chi connectivity index (χ1v) is 6.59. The number of likely N-dealkylation sites (tertiary alicyclic amines) is 1. The maximum Gasteiger partial charge on any atom is 0.223 e. The van der Waals surface area contributed by atoms with Crippen LogP contribution in [0.5, 0.6) is 0 Å². The van der Waals surface area contributed by atoms with Crippen molar-refractivity contribution in [2.75, 3.05) is 6.54 Å². The van der Waals surface area contributed by atoms with E-state index >= 15 is 0 Å². The van der Waals surface area contributed by atoms with E-state index in [2.05, 4.69) is 18.4 Å². The highest BCUT2D eigenvalue weighted by molar-refractivity contribution is 5.79. The summed E-state index contributed by atoms with van der Waals surface area (Å²) >= 11 is 0. The van der Waals surface area contributed by atoms with E-state index in [0.29, 0.717) is 18.2 Å². The predicted molar refractivity (Wildman–Crippen MR) is 66.1 cm³/mol. The normalized spacial score (nSPS) is 30.2. The maximum atomic E-state index is 12.0. The molecule has 0 radical (unpaired) electrons. The van der Waals surface area contributed by atoms with E-state index in [1.54, 1.807) is 0 Å². The highest BCUT2D eigenvalue weighted by atomic mass is 16.2. The Morgan fingerprint density at radius 1 is 1.31 bits per heavy atom. The summed E-state index contributed by atoms with van der Waals surface area (Å²) in [7, 11) is 0. The van der Waals surface area contributed by atoms with Crippen molar-refractivity contribution in [3.05, 3.63) is 12.7 Å². The fraction of sp³-hybridized carbons (Fsp3) is 0.786. The summed E-state index contributed by atoms with van der Waals surface area (Å²) in [6.45, 7) is 7.00. The molecule has 0 spiro atoms. The maximum absolute atomic E-state index is 12.0. The molecule has 1 atom stereocenters. The lowest BCUT2D eigenvalue weighted by atomic mass is 9.90. The zero-order chi connectivity index (χ0) is 11.6. The van der Waals surface area contributed by atoms with Crippen LogP contribution in [-0.4, -0.2) is 22.9 Å². The third-order valence-corrected chi connectivity index (χ3v) is 4.32. The number of rotatable bonds is 2. The summed E-state index contributed by atoms with van der Waals surface area (Å²) in [5.74, 6) is 0.724. The minimum Gasteiger partial charge on any atom is -0.337 e. The molecule has 1 saturated heterocycles. The molecule has 1 aliphatic carbocycles. The third kappa shape index (κ3) is 2.16. The molecule has 2 aliphatic rings. The largest absolute Gasteiger partial charge is 0.337 e. The fourth-order valence-corrected chi connectivity index (χ4v) is 3.17. The first kappa shape index (κ1) is 11.7. The van der Waals surface area contributed by atoms with Crippen molar-refractivity contribution >= 4 is 5.91 Å². The van der Waals surface area contributed by atoms with Gasteiger partial charge in [0.1, 0.15) is 0 Å². The first-order valence-electron chi connectivity index (χ1n) is 6.59. The molecule has 0 bridgehead atoms. The summed E-state index contributed by atoms with van der Waals surface area (Å²) in [5.41, 5.74) is 0.130. The van der Waals surface area contributed by atoms with Crippen molar-refractivity contribution in [1.82, 2.24) is 4.90 Å². The summed E-state index contributed by atoms with van der Waals surface area (Å²) < 4.78 is 0. The van der Waals surface area contributed by atoms with Crippen molar-refractivity contribution < 1.29 is 4.79 Å². The van der Waals surface area contributed by atoms with Gasteiger partial charge in [0, 0.05) is 24.4 Å². The molecule has 0 aromatic heterocycles. The second-order valence-electron chi connectivity index (χ2n) is 5.62. The van der Waals surface area contributed by atoms with Gasteiger partial charge in [-0.05, 0) is 19.8 Å².